The SMILES string of the molecule is COc1ccc2[nH]c(=O)c([C@H](c3n(C)c(C)c(C)[n+]3[O-])C3C(=O)OC(C)(C)OC3=O)cc2c1. The standard InChI is InChI=1S/C23H25N3O7/c1-11-12(2)26(30)20(25(11)5)17(18-21(28)32-23(3,4)33-22(18)29)15-10-13-9-14(31-6)7-8-16(13)24-19(15)27/h7-10,17-18H,1-6H3,(H,24,27)/t17-/m0/s1. The summed E-state index contributed by atoms with van der Waals surface area (Å²) in [5.41, 5.74) is 1.06. The van der Waals surface area contributed by atoms with E-state index < -0.39 is 35.1 Å². The molecule has 10 heteroatoms. The van der Waals surface area contributed by atoms with Gasteiger partial charge in [-0.25, -0.2) is 9.30 Å². The summed E-state index contributed by atoms with van der Waals surface area (Å²) >= 11 is 0. The van der Waals surface area contributed by atoms with Crippen molar-refractivity contribution in [3.05, 3.63) is 62.6 Å². The maximum atomic E-state index is 13.2. The number of rotatable bonds is 4. The van der Waals surface area contributed by atoms with Crippen molar-refractivity contribution in [1.29, 1.82) is 0 Å². The van der Waals surface area contributed by atoms with Crippen LogP contribution in [-0.2, 0) is 26.1 Å². The first-order chi connectivity index (χ1) is 15.4. The molecule has 0 radical (unpaired) electrons. The van der Waals surface area contributed by atoms with Gasteiger partial charge in [-0.05, 0) is 24.3 Å². The van der Waals surface area contributed by atoms with E-state index in [1.165, 1.54) is 21.0 Å². The first kappa shape index (κ1) is 22.4. The molecule has 1 aliphatic heterocycles. The van der Waals surface area contributed by atoms with E-state index in [9.17, 15) is 19.6 Å². The number of aromatic amines is 1. The highest BCUT2D eigenvalue weighted by atomic mass is 16.7. The zero-order chi connectivity index (χ0) is 24.2. The van der Waals surface area contributed by atoms with Crippen LogP contribution in [0.5, 0.6) is 5.75 Å². The number of aromatic nitrogens is 3. The molecule has 1 atom stereocenters. The second-order valence-corrected chi connectivity index (χ2v) is 8.59. The van der Waals surface area contributed by atoms with Crippen molar-refractivity contribution in [2.75, 3.05) is 7.11 Å². The van der Waals surface area contributed by atoms with Crippen LogP contribution < -0.4 is 15.0 Å². The summed E-state index contributed by atoms with van der Waals surface area (Å²) in [6.07, 6.45) is 0. The number of ether oxygens (including phenoxy) is 3. The molecule has 0 spiro atoms. The number of H-pyrrole nitrogens is 1. The Bertz CT molecular complexity index is 1310. The van der Waals surface area contributed by atoms with E-state index in [-0.39, 0.29) is 11.4 Å². The fourth-order valence-electron chi connectivity index (χ4n) is 4.23. The Hall–Kier alpha value is -3.82. The minimum atomic E-state index is -1.55. The lowest BCUT2D eigenvalue weighted by Crippen LogP contribution is -2.51. The predicted molar refractivity (Wildman–Crippen MR) is 117 cm³/mol. The van der Waals surface area contributed by atoms with Crippen LogP contribution in [0.3, 0.4) is 0 Å². The molecule has 0 saturated carbocycles. The molecule has 1 aromatic carbocycles. The predicted octanol–water partition coefficient (Wildman–Crippen LogP) is 1.71. The van der Waals surface area contributed by atoms with Gasteiger partial charge in [-0.2, -0.15) is 0 Å². The van der Waals surface area contributed by atoms with Crippen LogP contribution in [0.4, 0.5) is 0 Å². The van der Waals surface area contributed by atoms with Gasteiger partial charge in [0.1, 0.15) is 23.1 Å². The van der Waals surface area contributed by atoms with Crippen LogP contribution in [0.25, 0.3) is 10.9 Å². The second kappa shape index (κ2) is 7.65. The Morgan fingerprint density at radius 3 is 2.33 bits per heavy atom. The van der Waals surface area contributed by atoms with E-state index in [4.69, 9.17) is 14.2 Å². The van der Waals surface area contributed by atoms with Gasteiger partial charge in [0.25, 0.3) is 17.2 Å². The van der Waals surface area contributed by atoms with Crippen molar-refractivity contribution in [3.8, 4) is 5.75 Å². The fraction of sp³-hybridized carbons (Fsp3) is 0.391. The van der Waals surface area contributed by atoms with Crippen LogP contribution in [-0.4, -0.2) is 34.4 Å². The summed E-state index contributed by atoms with van der Waals surface area (Å²) in [7, 11) is 3.16. The topological polar surface area (TPSA) is 127 Å². The monoisotopic (exact) mass is 455 g/mol. The number of fused-ring (bicyclic) bond motifs is 1. The van der Waals surface area contributed by atoms with Gasteiger partial charge >= 0.3 is 11.9 Å². The van der Waals surface area contributed by atoms with Crippen molar-refractivity contribution in [3.63, 3.8) is 0 Å². The third-order valence-electron chi connectivity index (χ3n) is 6.11. The highest BCUT2D eigenvalue weighted by Crippen LogP contribution is 2.37. The number of carbonyl (C=O) groups is 2. The maximum absolute atomic E-state index is 13.2. The molecule has 4 rings (SSSR count). The molecule has 0 unspecified atom stereocenters. The number of benzene rings is 1. The zero-order valence-corrected chi connectivity index (χ0v) is 19.2. The molecule has 1 aliphatic rings. The highest BCUT2D eigenvalue weighted by molar-refractivity contribution is 5.98. The minimum Gasteiger partial charge on any atom is -0.711 e. The van der Waals surface area contributed by atoms with Gasteiger partial charge in [-0.15, -0.1) is 0 Å². The number of hydrogen-bond acceptors (Lipinski definition) is 7. The average Bonchev–Trinajstić information content (AvgIpc) is 2.92. The highest BCUT2D eigenvalue weighted by Gasteiger charge is 2.52. The summed E-state index contributed by atoms with van der Waals surface area (Å²) in [6.45, 7) is 6.24. The van der Waals surface area contributed by atoms with Crippen molar-refractivity contribution in [2.24, 2.45) is 13.0 Å². The first-order valence-electron chi connectivity index (χ1n) is 10.4. The fourth-order valence-corrected chi connectivity index (χ4v) is 4.23. The zero-order valence-electron chi connectivity index (χ0n) is 19.2. The van der Waals surface area contributed by atoms with Crippen molar-refractivity contribution < 1.29 is 28.5 Å². The Balaban J connectivity index is 2.01. The van der Waals surface area contributed by atoms with Crippen LogP contribution in [0.2, 0.25) is 0 Å². The Labute approximate surface area is 189 Å². The molecule has 0 bridgehead atoms. The molecule has 10 nitrogen and oxygen atoms in total. The number of cyclic esters (lactones) is 2. The van der Waals surface area contributed by atoms with Gasteiger partial charge < -0.3 is 24.4 Å². The lowest BCUT2D eigenvalue weighted by Gasteiger charge is -2.35. The van der Waals surface area contributed by atoms with E-state index in [0.717, 1.165) is 0 Å². The molecule has 2 aromatic heterocycles. The summed E-state index contributed by atoms with van der Waals surface area (Å²) < 4.78 is 18.1. The molecule has 1 fully saturated rings. The van der Waals surface area contributed by atoms with Gasteiger partial charge in [0, 0.05) is 44.2 Å². The number of pyridine rings is 1. The van der Waals surface area contributed by atoms with Crippen LogP contribution in [0.15, 0.2) is 29.1 Å². The molecule has 174 valence electrons. The smallest absolute Gasteiger partial charge is 0.324 e. The van der Waals surface area contributed by atoms with Gasteiger partial charge in [0.2, 0.25) is 0 Å². The molecule has 1 saturated heterocycles. The van der Waals surface area contributed by atoms with E-state index in [0.29, 0.717) is 32.8 Å². The average molecular weight is 455 g/mol. The van der Waals surface area contributed by atoms with E-state index in [2.05, 4.69) is 4.98 Å². The molecule has 1 N–H and O–H groups in total. The minimum absolute atomic E-state index is 0.0522. The first-order valence-corrected chi connectivity index (χ1v) is 10.4. The molecule has 3 aromatic rings. The van der Waals surface area contributed by atoms with Gasteiger partial charge in [-0.3, -0.25) is 14.4 Å². The van der Waals surface area contributed by atoms with Gasteiger partial charge in [0.05, 0.1) is 14.2 Å². The van der Waals surface area contributed by atoms with E-state index in [1.54, 1.807) is 49.7 Å². The third-order valence-corrected chi connectivity index (χ3v) is 6.11. The number of carbonyl (C=O) groups excluding carboxylic acids is 2. The number of imidazole rings is 1. The largest absolute Gasteiger partial charge is 0.711 e. The van der Waals surface area contributed by atoms with Gasteiger partial charge in [0.15, 0.2) is 5.92 Å². The number of nitrogens with zero attached hydrogens (tertiary/aromatic N) is 2. The number of methoxy groups -OCH3 is 1. The Kier molecular flexibility index (Phi) is 5.18. The summed E-state index contributed by atoms with van der Waals surface area (Å²) in [6, 6.07) is 6.64. The van der Waals surface area contributed by atoms with Crippen molar-refractivity contribution in [1.82, 2.24) is 9.55 Å². The van der Waals surface area contributed by atoms with Crippen molar-refractivity contribution >= 4 is 22.8 Å². The summed E-state index contributed by atoms with van der Waals surface area (Å²) in [5, 5.41) is 13.7. The molecule has 3 heterocycles. The Morgan fingerprint density at radius 2 is 1.79 bits per heavy atom. The molecule has 33 heavy (non-hydrogen) atoms. The summed E-state index contributed by atoms with van der Waals surface area (Å²) in [5.74, 6) is -5.39. The van der Waals surface area contributed by atoms with Crippen LogP contribution in [0, 0.1) is 25.0 Å². The Morgan fingerprint density at radius 1 is 1.15 bits per heavy atom. The van der Waals surface area contributed by atoms with Crippen LogP contribution in [0.1, 0.15) is 42.5 Å². The number of hydrogen-bond donors (Lipinski definition) is 1. The van der Waals surface area contributed by atoms with E-state index >= 15 is 0 Å². The van der Waals surface area contributed by atoms with Crippen molar-refractivity contribution in [2.45, 2.75) is 39.4 Å². The molecule has 0 aliphatic carbocycles. The number of esters is 2. The normalized spacial score (nSPS) is 17.0. The maximum Gasteiger partial charge on any atom is 0.324 e. The van der Waals surface area contributed by atoms with Crippen LogP contribution >= 0.6 is 0 Å². The second-order valence-electron chi connectivity index (χ2n) is 8.59. The lowest BCUT2D eigenvalue weighted by molar-refractivity contribution is -0.621. The summed E-state index contributed by atoms with van der Waals surface area (Å²) in [4.78, 5) is 42.0. The lowest BCUT2D eigenvalue weighted by atomic mass is 9.84. The number of nitrogens with one attached hydrogen (secondary N) is 1. The van der Waals surface area contributed by atoms with Gasteiger partial charge in [-0.1, -0.05) is 0 Å². The quantitative estimate of drug-likeness (QED) is 0.275. The molecule has 0 amide bonds. The molecular formula is C23H25N3O7. The molecular weight excluding hydrogens is 430 g/mol. The van der Waals surface area contributed by atoms with E-state index in [1.807, 2.05) is 0 Å². The third kappa shape index (κ3) is 3.61.